The van der Waals surface area contributed by atoms with Gasteiger partial charge in [-0.2, -0.15) is 0 Å². The number of carbonyl (C=O) groups is 2. The average molecular weight is 388 g/mol. The van der Waals surface area contributed by atoms with E-state index in [0.717, 1.165) is 11.3 Å². The van der Waals surface area contributed by atoms with Crippen molar-refractivity contribution in [1.29, 1.82) is 0 Å². The van der Waals surface area contributed by atoms with E-state index in [1.165, 1.54) is 0 Å². The van der Waals surface area contributed by atoms with Crippen LogP contribution >= 0.6 is 0 Å². The summed E-state index contributed by atoms with van der Waals surface area (Å²) in [5.74, 6) is 1.05. The normalized spacial score (nSPS) is 11.3. The molecule has 1 atom stereocenters. The van der Waals surface area contributed by atoms with Gasteiger partial charge in [0.25, 0.3) is 5.91 Å². The molecule has 5 heteroatoms. The summed E-state index contributed by atoms with van der Waals surface area (Å²) >= 11 is 0. The van der Waals surface area contributed by atoms with Crippen molar-refractivity contribution >= 4 is 11.8 Å². The van der Waals surface area contributed by atoms with Gasteiger partial charge in [-0.1, -0.05) is 55.5 Å². The highest BCUT2D eigenvalue weighted by Gasteiger charge is 2.10. The predicted octanol–water partition coefficient (Wildman–Crippen LogP) is 4.13. The Labute approximate surface area is 170 Å². The Bertz CT molecular complexity index is 925. The molecule has 5 nitrogen and oxygen atoms in total. The first kappa shape index (κ1) is 20.1. The molecule has 29 heavy (non-hydrogen) atoms. The fourth-order valence-electron chi connectivity index (χ4n) is 2.79. The zero-order valence-corrected chi connectivity index (χ0v) is 16.3. The zero-order chi connectivity index (χ0) is 20.5. The van der Waals surface area contributed by atoms with Crippen molar-refractivity contribution in [2.75, 3.05) is 13.1 Å². The molecule has 0 spiro atoms. The van der Waals surface area contributed by atoms with Crippen molar-refractivity contribution in [3.05, 3.63) is 96.1 Å². The van der Waals surface area contributed by atoms with Crippen LogP contribution in [0.1, 0.15) is 28.8 Å². The summed E-state index contributed by atoms with van der Waals surface area (Å²) in [7, 11) is 0. The standard InChI is InChI=1S/C24H24N2O3/c1-18(19-8-4-2-5-9-19)16-25-23(27)17-26-24(28)20-12-14-22(15-13-20)29-21-10-6-3-7-11-21/h2-15,18H,16-17H2,1H3,(H,25,27)(H,26,28)/t18-/m0/s1. The first-order valence-electron chi connectivity index (χ1n) is 9.54. The van der Waals surface area contributed by atoms with E-state index < -0.39 is 0 Å². The van der Waals surface area contributed by atoms with Gasteiger partial charge in [0, 0.05) is 12.1 Å². The molecular weight excluding hydrogens is 364 g/mol. The third-order valence-corrected chi connectivity index (χ3v) is 4.48. The molecule has 2 N–H and O–H groups in total. The molecule has 0 saturated heterocycles. The van der Waals surface area contributed by atoms with Crippen molar-refractivity contribution < 1.29 is 14.3 Å². The SMILES string of the molecule is C[C@@H](CNC(=O)CNC(=O)c1ccc(Oc2ccccc2)cc1)c1ccccc1. The molecule has 0 bridgehead atoms. The molecule has 0 unspecified atom stereocenters. The molecule has 0 aliphatic rings. The number of nitrogens with one attached hydrogen (secondary N) is 2. The minimum atomic E-state index is -0.303. The van der Waals surface area contributed by atoms with Crippen LogP contribution in [0.25, 0.3) is 0 Å². The monoisotopic (exact) mass is 388 g/mol. The Balaban J connectivity index is 1.43. The molecule has 3 aromatic carbocycles. The van der Waals surface area contributed by atoms with E-state index in [9.17, 15) is 9.59 Å². The van der Waals surface area contributed by atoms with E-state index in [-0.39, 0.29) is 24.3 Å². The number of carbonyl (C=O) groups excluding carboxylic acids is 2. The molecule has 0 saturated carbocycles. The van der Waals surface area contributed by atoms with E-state index in [2.05, 4.69) is 10.6 Å². The third kappa shape index (κ3) is 6.21. The second-order valence-corrected chi connectivity index (χ2v) is 6.74. The minimum Gasteiger partial charge on any atom is -0.457 e. The summed E-state index contributed by atoms with van der Waals surface area (Å²) in [5, 5.41) is 5.49. The molecule has 3 rings (SSSR count). The Hall–Kier alpha value is -3.60. The molecule has 0 aromatic heterocycles. The summed E-state index contributed by atoms with van der Waals surface area (Å²) < 4.78 is 5.71. The highest BCUT2D eigenvalue weighted by Crippen LogP contribution is 2.21. The Morgan fingerprint density at radius 2 is 1.38 bits per heavy atom. The second kappa shape index (κ2) is 10.1. The average Bonchev–Trinajstić information content (AvgIpc) is 2.77. The topological polar surface area (TPSA) is 67.4 Å². The Morgan fingerprint density at radius 3 is 2.03 bits per heavy atom. The fraction of sp³-hybridized carbons (Fsp3) is 0.167. The van der Waals surface area contributed by atoms with Crippen LogP contribution in [0.3, 0.4) is 0 Å². The number of para-hydroxylation sites is 1. The number of rotatable bonds is 8. The number of hydrogen-bond donors (Lipinski definition) is 2. The van der Waals surface area contributed by atoms with Crippen molar-refractivity contribution in [3.63, 3.8) is 0 Å². The minimum absolute atomic E-state index is 0.0669. The number of amides is 2. The molecule has 0 aliphatic carbocycles. The van der Waals surface area contributed by atoms with Crippen molar-refractivity contribution in [1.82, 2.24) is 10.6 Å². The van der Waals surface area contributed by atoms with Crippen LogP contribution < -0.4 is 15.4 Å². The van der Waals surface area contributed by atoms with Crippen LogP contribution in [0, 0.1) is 0 Å². The van der Waals surface area contributed by atoms with E-state index in [1.807, 2.05) is 67.6 Å². The van der Waals surface area contributed by atoms with E-state index in [4.69, 9.17) is 4.74 Å². The maximum absolute atomic E-state index is 12.2. The Kier molecular flexibility index (Phi) is 7.00. The smallest absolute Gasteiger partial charge is 0.251 e. The van der Waals surface area contributed by atoms with Gasteiger partial charge in [0.2, 0.25) is 5.91 Å². The maximum atomic E-state index is 12.2. The fourth-order valence-corrected chi connectivity index (χ4v) is 2.79. The Morgan fingerprint density at radius 1 is 0.793 bits per heavy atom. The number of hydrogen-bond acceptors (Lipinski definition) is 3. The molecule has 0 radical (unpaired) electrons. The summed E-state index contributed by atoms with van der Waals surface area (Å²) in [6.45, 7) is 2.50. The maximum Gasteiger partial charge on any atom is 0.251 e. The second-order valence-electron chi connectivity index (χ2n) is 6.74. The van der Waals surface area contributed by atoms with Gasteiger partial charge in [0.1, 0.15) is 11.5 Å². The lowest BCUT2D eigenvalue weighted by molar-refractivity contribution is -0.120. The zero-order valence-electron chi connectivity index (χ0n) is 16.3. The van der Waals surface area contributed by atoms with Gasteiger partial charge < -0.3 is 15.4 Å². The summed E-state index contributed by atoms with van der Waals surface area (Å²) in [4.78, 5) is 24.3. The third-order valence-electron chi connectivity index (χ3n) is 4.48. The highest BCUT2D eigenvalue weighted by atomic mass is 16.5. The van der Waals surface area contributed by atoms with Crippen molar-refractivity contribution in [2.45, 2.75) is 12.8 Å². The molecule has 3 aromatic rings. The van der Waals surface area contributed by atoms with E-state index >= 15 is 0 Å². The molecular formula is C24H24N2O3. The van der Waals surface area contributed by atoms with Gasteiger partial charge in [-0.15, -0.1) is 0 Å². The molecule has 0 fully saturated rings. The van der Waals surface area contributed by atoms with Crippen LogP contribution in [-0.4, -0.2) is 24.9 Å². The van der Waals surface area contributed by atoms with Crippen LogP contribution in [0.15, 0.2) is 84.9 Å². The van der Waals surface area contributed by atoms with Crippen LogP contribution in [0.5, 0.6) is 11.5 Å². The van der Waals surface area contributed by atoms with Crippen LogP contribution in [-0.2, 0) is 4.79 Å². The van der Waals surface area contributed by atoms with E-state index in [0.29, 0.717) is 17.9 Å². The van der Waals surface area contributed by atoms with Gasteiger partial charge in [0.15, 0.2) is 0 Å². The summed E-state index contributed by atoms with van der Waals surface area (Å²) in [6, 6.07) is 26.2. The molecule has 2 amide bonds. The van der Waals surface area contributed by atoms with Crippen molar-refractivity contribution in [2.24, 2.45) is 0 Å². The van der Waals surface area contributed by atoms with Gasteiger partial charge in [-0.3, -0.25) is 9.59 Å². The van der Waals surface area contributed by atoms with Crippen LogP contribution in [0.2, 0.25) is 0 Å². The van der Waals surface area contributed by atoms with Crippen LogP contribution in [0.4, 0.5) is 0 Å². The summed E-state index contributed by atoms with van der Waals surface area (Å²) in [5.41, 5.74) is 1.63. The molecule has 0 heterocycles. The number of benzene rings is 3. The van der Waals surface area contributed by atoms with Gasteiger partial charge in [-0.05, 0) is 47.9 Å². The highest BCUT2D eigenvalue weighted by molar-refractivity contribution is 5.96. The number of ether oxygens (including phenoxy) is 1. The lowest BCUT2D eigenvalue weighted by atomic mass is 10.0. The lowest BCUT2D eigenvalue weighted by Gasteiger charge is -2.13. The predicted molar refractivity (Wildman–Crippen MR) is 113 cm³/mol. The van der Waals surface area contributed by atoms with Gasteiger partial charge in [0.05, 0.1) is 6.54 Å². The molecule has 0 aliphatic heterocycles. The molecule has 148 valence electrons. The van der Waals surface area contributed by atoms with E-state index in [1.54, 1.807) is 24.3 Å². The quantitative estimate of drug-likeness (QED) is 0.610. The van der Waals surface area contributed by atoms with Gasteiger partial charge >= 0.3 is 0 Å². The lowest BCUT2D eigenvalue weighted by Crippen LogP contribution is -2.38. The summed E-state index contributed by atoms with van der Waals surface area (Å²) in [6.07, 6.45) is 0. The largest absolute Gasteiger partial charge is 0.457 e. The first-order chi connectivity index (χ1) is 14.1. The van der Waals surface area contributed by atoms with Crippen molar-refractivity contribution in [3.8, 4) is 11.5 Å². The first-order valence-corrected chi connectivity index (χ1v) is 9.54. The van der Waals surface area contributed by atoms with Gasteiger partial charge in [-0.25, -0.2) is 0 Å².